The van der Waals surface area contributed by atoms with Crippen LogP contribution in [0.1, 0.15) is 11.1 Å². The number of thioether (sulfide) groups is 1. The first-order chi connectivity index (χ1) is 16.0. The van der Waals surface area contributed by atoms with Gasteiger partial charge < -0.3 is 10.1 Å². The molecule has 1 saturated heterocycles. The van der Waals surface area contributed by atoms with E-state index in [4.69, 9.17) is 4.74 Å². The topological polar surface area (TPSA) is 75.7 Å². The van der Waals surface area contributed by atoms with Crippen LogP contribution in [0.3, 0.4) is 0 Å². The molecule has 8 heteroatoms. The van der Waals surface area contributed by atoms with Gasteiger partial charge in [0.05, 0.1) is 4.91 Å². The predicted octanol–water partition coefficient (Wildman–Crippen LogP) is 5.08. The summed E-state index contributed by atoms with van der Waals surface area (Å²) < 4.78 is 19.7. The Bertz CT molecular complexity index is 1230. The molecule has 0 aliphatic carbocycles. The van der Waals surface area contributed by atoms with E-state index in [0.717, 1.165) is 16.7 Å². The van der Waals surface area contributed by atoms with E-state index >= 15 is 0 Å². The maximum Gasteiger partial charge on any atom is 0.294 e. The maximum absolute atomic E-state index is 13.9. The molecule has 33 heavy (non-hydrogen) atoms. The van der Waals surface area contributed by atoms with Crippen molar-refractivity contribution in [1.82, 2.24) is 4.90 Å². The van der Waals surface area contributed by atoms with Gasteiger partial charge in [-0.05, 0) is 42.1 Å². The number of para-hydroxylation sites is 2. The molecule has 3 amide bonds. The second-order valence-electron chi connectivity index (χ2n) is 7.10. The van der Waals surface area contributed by atoms with Crippen LogP contribution in [-0.4, -0.2) is 28.5 Å². The Morgan fingerprint density at radius 1 is 0.970 bits per heavy atom. The van der Waals surface area contributed by atoms with Crippen LogP contribution in [-0.2, 0) is 16.2 Å². The molecule has 3 aromatic rings. The number of amides is 3. The van der Waals surface area contributed by atoms with Gasteiger partial charge in [0.25, 0.3) is 11.1 Å². The summed E-state index contributed by atoms with van der Waals surface area (Å²) in [5.41, 5.74) is 1.54. The molecule has 4 rings (SSSR count). The zero-order chi connectivity index (χ0) is 23.2. The SMILES string of the molecule is O=C(CN1C(=O)S/C(=C/c2ccccc2OCc2ccccc2F)C1=O)Nc1ccccc1. The number of carbonyl (C=O) groups is 3. The summed E-state index contributed by atoms with van der Waals surface area (Å²) in [6, 6.07) is 22.0. The molecule has 1 aliphatic rings. The van der Waals surface area contributed by atoms with Crippen molar-refractivity contribution >= 4 is 40.6 Å². The normalized spacial score (nSPS) is 14.6. The zero-order valence-electron chi connectivity index (χ0n) is 17.4. The van der Waals surface area contributed by atoms with Crippen LogP contribution in [0.4, 0.5) is 14.9 Å². The van der Waals surface area contributed by atoms with Gasteiger partial charge in [0.15, 0.2) is 0 Å². The first-order valence-corrected chi connectivity index (χ1v) is 10.9. The summed E-state index contributed by atoms with van der Waals surface area (Å²) in [4.78, 5) is 38.5. The van der Waals surface area contributed by atoms with Crippen molar-refractivity contribution in [3.05, 3.63) is 101 Å². The van der Waals surface area contributed by atoms with Crippen molar-refractivity contribution in [2.45, 2.75) is 6.61 Å². The number of rotatable bonds is 7. The number of imide groups is 1. The molecular weight excluding hydrogens is 443 g/mol. The number of nitrogens with one attached hydrogen (secondary N) is 1. The van der Waals surface area contributed by atoms with E-state index in [2.05, 4.69) is 5.32 Å². The summed E-state index contributed by atoms with van der Waals surface area (Å²) in [6.07, 6.45) is 1.54. The van der Waals surface area contributed by atoms with E-state index in [-0.39, 0.29) is 23.9 Å². The van der Waals surface area contributed by atoms with Crippen LogP contribution in [0.5, 0.6) is 5.75 Å². The lowest BCUT2D eigenvalue weighted by molar-refractivity contribution is -0.127. The first-order valence-electron chi connectivity index (χ1n) is 10.1. The van der Waals surface area contributed by atoms with Gasteiger partial charge in [0.2, 0.25) is 5.91 Å². The smallest absolute Gasteiger partial charge is 0.294 e. The fraction of sp³-hybridized carbons (Fsp3) is 0.0800. The molecule has 0 bridgehead atoms. The van der Waals surface area contributed by atoms with E-state index in [9.17, 15) is 18.8 Å². The largest absolute Gasteiger partial charge is 0.488 e. The molecule has 0 radical (unpaired) electrons. The molecule has 0 spiro atoms. The second kappa shape index (κ2) is 10.1. The van der Waals surface area contributed by atoms with E-state index in [1.165, 1.54) is 12.1 Å². The average molecular weight is 463 g/mol. The molecule has 1 N–H and O–H groups in total. The molecule has 3 aromatic carbocycles. The van der Waals surface area contributed by atoms with Crippen LogP contribution in [0.15, 0.2) is 83.8 Å². The Morgan fingerprint density at radius 2 is 1.67 bits per heavy atom. The molecule has 1 aliphatic heterocycles. The van der Waals surface area contributed by atoms with Gasteiger partial charge in [-0.3, -0.25) is 19.3 Å². The van der Waals surface area contributed by atoms with Gasteiger partial charge in [0.1, 0.15) is 24.7 Å². The molecular formula is C25H19FN2O4S. The van der Waals surface area contributed by atoms with Crippen LogP contribution in [0.25, 0.3) is 6.08 Å². The average Bonchev–Trinajstić information content (AvgIpc) is 3.07. The lowest BCUT2D eigenvalue weighted by Crippen LogP contribution is -2.36. The van der Waals surface area contributed by atoms with Gasteiger partial charge in [0, 0.05) is 16.8 Å². The van der Waals surface area contributed by atoms with E-state index in [0.29, 0.717) is 22.6 Å². The summed E-state index contributed by atoms with van der Waals surface area (Å²) in [6.45, 7) is -0.374. The summed E-state index contributed by atoms with van der Waals surface area (Å²) in [5, 5.41) is 2.13. The highest BCUT2D eigenvalue weighted by atomic mass is 32.2. The number of benzene rings is 3. The van der Waals surface area contributed by atoms with Crippen LogP contribution in [0, 0.1) is 5.82 Å². The number of hydrogen-bond donors (Lipinski definition) is 1. The van der Waals surface area contributed by atoms with Gasteiger partial charge in [-0.15, -0.1) is 0 Å². The first kappa shape index (κ1) is 22.3. The standard InChI is InChI=1S/C25H19FN2O4S/c26-20-12-6-4-9-18(20)16-32-21-13-7-5-8-17(21)14-22-24(30)28(25(31)33-22)15-23(29)27-19-10-2-1-3-11-19/h1-14H,15-16H2,(H,27,29)/b22-14+. The number of ether oxygens (including phenoxy) is 1. The van der Waals surface area contributed by atoms with Crippen molar-refractivity contribution in [2.24, 2.45) is 0 Å². The summed E-state index contributed by atoms with van der Waals surface area (Å²) in [7, 11) is 0. The molecule has 166 valence electrons. The van der Waals surface area contributed by atoms with Crippen molar-refractivity contribution in [3.63, 3.8) is 0 Å². The summed E-state index contributed by atoms with van der Waals surface area (Å²) in [5.74, 6) is -0.963. The van der Waals surface area contributed by atoms with Crippen LogP contribution < -0.4 is 10.1 Å². The summed E-state index contributed by atoms with van der Waals surface area (Å²) >= 11 is 0.754. The molecule has 1 fully saturated rings. The minimum Gasteiger partial charge on any atom is -0.488 e. The Morgan fingerprint density at radius 3 is 2.45 bits per heavy atom. The quantitative estimate of drug-likeness (QED) is 0.496. The highest BCUT2D eigenvalue weighted by Crippen LogP contribution is 2.34. The van der Waals surface area contributed by atoms with Gasteiger partial charge in [-0.2, -0.15) is 0 Å². The monoisotopic (exact) mass is 462 g/mol. The predicted molar refractivity (Wildman–Crippen MR) is 125 cm³/mol. The Kier molecular flexibility index (Phi) is 6.85. The number of halogens is 1. The molecule has 0 saturated carbocycles. The van der Waals surface area contributed by atoms with Gasteiger partial charge in [-0.1, -0.05) is 54.6 Å². The molecule has 6 nitrogen and oxygen atoms in total. The number of nitrogens with zero attached hydrogens (tertiary/aromatic N) is 1. The van der Waals surface area contributed by atoms with E-state index in [1.54, 1.807) is 66.7 Å². The van der Waals surface area contributed by atoms with Crippen molar-refractivity contribution < 1.29 is 23.5 Å². The molecule has 1 heterocycles. The van der Waals surface area contributed by atoms with Crippen LogP contribution >= 0.6 is 11.8 Å². The third-order valence-electron chi connectivity index (χ3n) is 4.78. The molecule has 0 atom stereocenters. The third kappa shape index (κ3) is 5.48. The maximum atomic E-state index is 13.9. The minimum atomic E-state index is -0.558. The number of anilines is 1. The number of hydrogen-bond acceptors (Lipinski definition) is 5. The zero-order valence-corrected chi connectivity index (χ0v) is 18.2. The number of carbonyl (C=O) groups excluding carboxylic acids is 3. The fourth-order valence-electron chi connectivity index (χ4n) is 3.15. The highest BCUT2D eigenvalue weighted by molar-refractivity contribution is 8.18. The molecule has 0 unspecified atom stereocenters. The Hall–Kier alpha value is -3.91. The Labute approximate surface area is 194 Å². The van der Waals surface area contributed by atoms with Gasteiger partial charge >= 0.3 is 0 Å². The second-order valence-corrected chi connectivity index (χ2v) is 8.09. The highest BCUT2D eigenvalue weighted by Gasteiger charge is 2.36. The minimum absolute atomic E-state index is 0.0126. The van der Waals surface area contributed by atoms with Gasteiger partial charge in [-0.25, -0.2) is 4.39 Å². The fourth-order valence-corrected chi connectivity index (χ4v) is 3.97. The molecule has 0 aromatic heterocycles. The van der Waals surface area contributed by atoms with Crippen LogP contribution in [0.2, 0.25) is 0 Å². The Balaban J connectivity index is 1.46. The van der Waals surface area contributed by atoms with Crippen molar-refractivity contribution in [3.8, 4) is 5.75 Å². The van der Waals surface area contributed by atoms with E-state index in [1.807, 2.05) is 6.07 Å². The van der Waals surface area contributed by atoms with Crippen molar-refractivity contribution in [2.75, 3.05) is 11.9 Å². The van der Waals surface area contributed by atoms with E-state index < -0.39 is 17.1 Å². The lowest BCUT2D eigenvalue weighted by Gasteiger charge is -2.12. The van der Waals surface area contributed by atoms with Crippen molar-refractivity contribution in [1.29, 1.82) is 0 Å². The third-order valence-corrected chi connectivity index (χ3v) is 5.69. The lowest BCUT2D eigenvalue weighted by atomic mass is 10.1.